The first-order chi connectivity index (χ1) is 14.6. The van der Waals surface area contributed by atoms with Crippen molar-refractivity contribution in [3.05, 3.63) is 35.5 Å². The molecule has 10 heteroatoms. The zero-order valence-corrected chi connectivity index (χ0v) is 17.7. The van der Waals surface area contributed by atoms with Gasteiger partial charge in [-0.1, -0.05) is 0 Å². The summed E-state index contributed by atoms with van der Waals surface area (Å²) in [5, 5.41) is 3.95. The molecule has 0 amide bonds. The number of ether oxygens (including phenoxy) is 2. The number of amidine groups is 2. The molecule has 5 rings (SSSR count). The highest BCUT2D eigenvalue weighted by Crippen LogP contribution is 2.33. The van der Waals surface area contributed by atoms with Crippen molar-refractivity contribution in [3.8, 4) is 11.5 Å². The maximum atomic E-state index is 5.88. The summed E-state index contributed by atoms with van der Waals surface area (Å²) in [5.41, 5.74) is 10.9. The van der Waals surface area contributed by atoms with Crippen molar-refractivity contribution in [3.63, 3.8) is 0 Å². The third kappa shape index (κ3) is 4.35. The molecule has 0 spiro atoms. The fourth-order valence-electron chi connectivity index (χ4n) is 3.93. The largest absolute Gasteiger partial charge is 0.454 e. The number of nitrogens with two attached hydrogens (primary N) is 1. The monoisotopic (exact) mass is 430 g/mol. The Balaban J connectivity index is 1.11. The molecule has 9 nitrogen and oxygen atoms in total. The predicted molar refractivity (Wildman–Crippen MR) is 116 cm³/mol. The van der Waals surface area contributed by atoms with Crippen LogP contribution in [0.25, 0.3) is 0 Å². The normalized spacial score (nSPS) is 26.5. The molecule has 0 aliphatic carbocycles. The van der Waals surface area contributed by atoms with Crippen molar-refractivity contribution in [2.75, 3.05) is 26.4 Å². The average molecular weight is 431 g/mol. The number of aliphatic imine (C=N–C) groups is 2. The lowest BCUT2D eigenvalue weighted by Gasteiger charge is -2.33. The van der Waals surface area contributed by atoms with E-state index < -0.39 is 0 Å². The highest BCUT2D eigenvalue weighted by atomic mass is 32.2. The van der Waals surface area contributed by atoms with E-state index in [1.54, 1.807) is 0 Å². The third-order valence-corrected chi connectivity index (χ3v) is 6.80. The van der Waals surface area contributed by atoms with Gasteiger partial charge in [0.05, 0.1) is 0 Å². The molecule has 1 fully saturated rings. The number of nitrogens with one attached hydrogen (secondary N) is 2. The van der Waals surface area contributed by atoms with Gasteiger partial charge in [0.2, 0.25) is 6.79 Å². The van der Waals surface area contributed by atoms with Crippen molar-refractivity contribution < 1.29 is 14.3 Å². The van der Waals surface area contributed by atoms with E-state index in [2.05, 4.69) is 20.7 Å². The van der Waals surface area contributed by atoms with E-state index in [1.807, 2.05) is 43.0 Å². The third-order valence-electron chi connectivity index (χ3n) is 5.46. The molecule has 4 aliphatic heterocycles. The van der Waals surface area contributed by atoms with Gasteiger partial charge in [0, 0.05) is 23.1 Å². The minimum Gasteiger partial charge on any atom is -0.454 e. The summed E-state index contributed by atoms with van der Waals surface area (Å²) in [4.78, 5) is 17.3. The Labute approximate surface area is 179 Å². The van der Waals surface area contributed by atoms with Crippen LogP contribution in [-0.4, -0.2) is 60.0 Å². The Kier molecular flexibility index (Phi) is 5.45. The Morgan fingerprint density at radius 2 is 2.03 bits per heavy atom. The van der Waals surface area contributed by atoms with Gasteiger partial charge in [-0.05, 0) is 57.1 Å². The fourth-order valence-corrected chi connectivity index (χ4v) is 5.22. The zero-order chi connectivity index (χ0) is 20.5. The van der Waals surface area contributed by atoms with E-state index in [0.717, 1.165) is 61.1 Å². The molecular weight excluding hydrogens is 404 g/mol. The second-order valence-corrected chi connectivity index (χ2v) is 9.12. The molecule has 2 unspecified atom stereocenters. The number of nitrogens with zero attached hydrogens (tertiary/aromatic N) is 3. The number of hydrogen-bond acceptors (Lipinski definition) is 10. The van der Waals surface area contributed by atoms with Crippen LogP contribution in [0.15, 0.2) is 40.0 Å². The van der Waals surface area contributed by atoms with Gasteiger partial charge in [-0.2, -0.15) is 0 Å². The minimum atomic E-state index is -0.216. The maximum absolute atomic E-state index is 5.88. The van der Waals surface area contributed by atoms with E-state index >= 15 is 0 Å². The Morgan fingerprint density at radius 1 is 1.20 bits per heavy atom. The van der Waals surface area contributed by atoms with Crippen LogP contribution in [-0.2, 0) is 4.84 Å². The van der Waals surface area contributed by atoms with Crippen LogP contribution in [0.5, 0.6) is 11.5 Å². The molecule has 1 saturated heterocycles. The van der Waals surface area contributed by atoms with E-state index in [4.69, 9.17) is 25.0 Å². The van der Waals surface area contributed by atoms with Crippen molar-refractivity contribution in [1.29, 1.82) is 0 Å². The lowest BCUT2D eigenvalue weighted by Crippen LogP contribution is -2.41. The highest BCUT2D eigenvalue weighted by molar-refractivity contribution is 8.00. The molecule has 0 radical (unpaired) electrons. The second-order valence-electron chi connectivity index (χ2n) is 7.73. The number of piperidine rings is 1. The Morgan fingerprint density at radius 3 is 2.87 bits per heavy atom. The SMILES string of the molecule is CC1=CC(N)=NC(SC2CCN(CC3N=C(c4ccc5c(c4)OCO5)NO3)CC2)N1. The molecule has 0 bridgehead atoms. The number of hydroxylamine groups is 1. The lowest BCUT2D eigenvalue weighted by atomic mass is 10.1. The summed E-state index contributed by atoms with van der Waals surface area (Å²) >= 11 is 1.86. The zero-order valence-electron chi connectivity index (χ0n) is 16.8. The number of fused-ring (bicyclic) bond motifs is 1. The van der Waals surface area contributed by atoms with Crippen LogP contribution < -0.4 is 26.0 Å². The van der Waals surface area contributed by atoms with Gasteiger partial charge in [-0.15, -0.1) is 11.8 Å². The molecule has 0 saturated carbocycles. The second kappa shape index (κ2) is 8.37. The summed E-state index contributed by atoms with van der Waals surface area (Å²) in [6.07, 6.45) is 3.87. The number of thioether (sulfide) groups is 1. The Hall–Kier alpha value is -2.43. The molecule has 160 valence electrons. The summed E-state index contributed by atoms with van der Waals surface area (Å²) in [5.74, 6) is 2.83. The summed E-state index contributed by atoms with van der Waals surface area (Å²) < 4.78 is 10.8. The lowest BCUT2D eigenvalue weighted by molar-refractivity contribution is 0.0118. The Bertz CT molecular complexity index is 897. The van der Waals surface area contributed by atoms with Crippen LogP contribution in [0, 0.1) is 0 Å². The van der Waals surface area contributed by atoms with Gasteiger partial charge in [-0.25, -0.2) is 20.3 Å². The van der Waals surface area contributed by atoms with Gasteiger partial charge in [0.25, 0.3) is 0 Å². The van der Waals surface area contributed by atoms with Gasteiger partial charge in [0.1, 0.15) is 5.84 Å². The quantitative estimate of drug-likeness (QED) is 0.643. The smallest absolute Gasteiger partial charge is 0.231 e. The van der Waals surface area contributed by atoms with Crippen molar-refractivity contribution in [1.82, 2.24) is 15.7 Å². The van der Waals surface area contributed by atoms with Gasteiger partial charge in [0.15, 0.2) is 29.1 Å². The van der Waals surface area contributed by atoms with E-state index in [-0.39, 0.29) is 18.5 Å². The number of hydrogen-bond donors (Lipinski definition) is 3. The van der Waals surface area contributed by atoms with E-state index in [1.165, 1.54) is 0 Å². The van der Waals surface area contributed by atoms with Gasteiger partial charge in [-0.3, -0.25) is 4.90 Å². The highest BCUT2D eigenvalue weighted by Gasteiger charge is 2.28. The van der Waals surface area contributed by atoms with Crippen LogP contribution in [0.3, 0.4) is 0 Å². The molecule has 1 aromatic rings. The van der Waals surface area contributed by atoms with Crippen LogP contribution in [0.4, 0.5) is 0 Å². The van der Waals surface area contributed by atoms with Crippen LogP contribution in [0.2, 0.25) is 0 Å². The molecule has 4 aliphatic rings. The van der Waals surface area contributed by atoms with Crippen molar-refractivity contribution >= 4 is 23.4 Å². The predicted octanol–water partition coefficient (Wildman–Crippen LogP) is 1.37. The van der Waals surface area contributed by atoms with Crippen LogP contribution in [0.1, 0.15) is 25.3 Å². The summed E-state index contributed by atoms with van der Waals surface area (Å²) in [7, 11) is 0. The molecule has 4 heterocycles. The molecular formula is C20H26N6O3S. The first kappa shape index (κ1) is 19.5. The van der Waals surface area contributed by atoms with Crippen molar-refractivity contribution in [2.45, 2.75) is 36.7 Å². The standard InChI is InChI=1S/C20H26N6O3S/c1-12-8-17(21)23-20(22-12)30-14-4-6-26(7-5-14)10-18-24-19(25-29-18)13-2-3-15-16(9-13)28-11-27-15/h2-3,8-9,14,18,20,22H,4-7,10-11H2,1H3,(H2,21,23)(H,24,25). The van der Waals surface area contributed by atoms with Crippen LogP contribution >= 0.6 is 11.8 Å². The molecule has 1 aromatic carbocycles. The number of rotatable bonds is 5. The summed E-state index contributed by atoms with van der Waals surface area (Å²) in [6.45, 7) is 5.10. The average Bonchev–Trinajstić information content (AvgIpc) is 3.37. The number of benzene rings is 1. The van der Waals surface area contributed by atoms with E-state index in [0.29, 0.717) is 11.1 Å². The number of likely N-dealkylation sites (tertiary alicyclic amines) is 1. The topological polar surface area (TPSA) is 106 Å². The first-order valence-corrected chi connectivity index (χ1v) is 11.1. The fraction of sp³-hybridized carbons (Fsp3) is 0.500. The molecule has 30 heavy (non-hydrogen) atoms. The molecule has 4 N–H and O–H groups in total. The molecule has 2 atom stereocenters. The summed E-state index contributed by atoms with van der Waals surface area (Å²) in [6, 6.07) is 5.78. The maximum Gasteiger partial charge on any atom is 0.231 e. The van der Waals surface area contributed by atoms with E-state index in [9.17, 15) is 0 Å². The van der Waals surface area contributed by atoms with Gasteiger partial charge >= 0.3 is 0 Å². The number of allylic oxidation sites excluding steroid dienone is 1. The van der Waals surface area contributed by atoms with Gasteiger partial charge < -0.3 is 20.5 Å². The molecule has 0 aromatic heterocycles. The minimum absolute atomic E-state index is 0.0165. The van der Waals surface area contributed by atoms with Crippen molar-refractivity contribution in [2.24, 2.45) is 15.7 Å². The first-order valence-electron chi connectivity index (χ1n) is 10.2.